The van der Waals surface area contributed by atoms with Gasteiger partial charge in [0.25, 0.3) is 0 Å². The number of carbonyl (C=O) groups is 1. The van der Waals surface area contributed by atoms with Gasteiger partial charge in [-0.15, -0.1) is 0 Å². The number of Topliss-reactive ketones (excluding diaryl/α,β-unsaturated/α-hetero) is 1. The highest BCUT2D eigenvalue weighted by atomic mass is 16.8. The van der Waals surface area contributed by atoms with Crippen LogP contribution in [-0.4, -0.2) is 39.3 Å². The van der Waals surface area contributed by atoms with Crippen molar-refractivity contribution in [1.82, 2.24) is 4.98 Å². The van der Waals surface area contributed by atoms with Crippen molar-refractivity contribution in [2.75, 3.05) is 6.54 Å². The maximum atomic E-state index is 14.0. The van der Waals surface area contributed by atoms with E-state index in [0.717, 1.165) is 36.1 Å². The third-order valence-corrected chi connectivity index (χ3v) is 6.69. The van der Waals surface area contributed by atoms with Crippen LogP contribution in [0.2, 0.25) is 0 Å². The fourth-order valence-electron chi connectivity index (χ4n) is 4.83. The molecule has 6 nitrogen and oxygen atoms in total. The summed E-state index contributed by atoms with van der Waals surface area (Å²) in [6, 6.07) is 26.6. The van der Waals surface area contributed by atoms with Gasteiger partial charge in [0.1, 0.15) is 0 Å². The number of H-pyrrole nitrogens is 1. The van der Waals surface area contributed by atoms with E-state index in [9.17, 15) is 15.2 Å². The number of unbranched alkanes of at least 4 members (excludes halogenated alkanes) is 1. The Morgan fingerprint density at radius 2 is 1.70 bits per heavy atom. The number of fused-ring (bicyclic) bond motifs is 1. The summed E-state index contributed by atoms with van der Waals surface area (Å²) in [6.07, 6.45) is 6.35. The summed E-state index contributed by atoms with van der Waals surface area (Å²) in [4.78, 5) is 22.1. The molecule has 0 saturated carbocycles. The number of nitrogens with zero attached hydrogens (tertiary/aromatic N) is 2. The third-order valence-electron chi connectivity index (χ3n) is 6.69. The molecule has 2 unspecified atom stereocenters. The van der Waals surface area contributed by atoms with Crippen molar-refractivity contribution in [2.45, 2.75) is 38.5 Å². The summed E-state index contributed by atoms with van der Waals surface area (Å²) in [5, 5.41) is 22.8. The molecule has 2 atom stereocenters. The standard InChI is InChI=1S/C31H33N3O3/c1-2-3-17-29(32-20-19-25-21-33-28-18-11-10-16-26(25)28)30(31(35)24-14-8-5-9-15-24)27(22-34(36)37)23-12-6-4-7-13-23/h4-16,18,21-22,27,30,33H,2-3,17,19-20H2,1H3,(H,36,37). The first-order valence-electron chi connectivity index (χ1n) is 12.8. The molecule has 1 heterocycles. The molecule has 190 valence electrons. The van der Waals surface area contributed by atoms with Gasteiger partial charge in [-0.3, -0.25) is 15.0 Å². The summed E-state index contributed by atoms with van der Waals surface area (Å²) in [5.74, 6) is -1.50. The van der Waals surface area contributed by atoms with E-state index in [1.165, 1.54) is 17.2 Å². The number of para-hydroxylation sites is 1. The third kappa shape index (κ3) is 6.53. The number of aliphatic imine (C=N–C) groups is 1. The van der Waals surface area contributed by atoms with Gasteiger partial charge in [-0.1, -0.05) is 92.2 Å². The average molecular weight is 496 g/mol. The van der Waals surface area contributed by atoms with Crippen molar-refractivity contribution in [1.29, 1.82) is 0 Å². The molecule has 37 heavy (non-hydrogen) atoms. The van der Waals surface area contributed by atoms with Crippen LogP contribution >= 0.6 is 0 Å². The Kier molecular flexibility index (Phi) is 8.87. The van der Waals surface area contributed by atoms with Crippen molar-refractivity contribution < 1.29 is 14.9 Å². The second-order valence-electron chi connectivity index (χ2n) is 9.18. The van der Waals surface area contributed by atoms with Crippen LogP contribution in [0.25, 0.3) is 10.9 Å². The summed E-state index contributed by atoms with van der Waals surface area (Å²) >= 11 is 0. The van der Waals surface area contributed by atoms with Crippen LogP contribution in [0.5, 0.6) is 0 Å². The fraction of sp³-hybridized carbons (Fsp3) is 0.258. The predicted molar refractivity (Wildman–Crippen MR) is 149 cm³/mol. The van der Waals surface area contributed by atoms with E-state index >= 15 is 0 Å². The van der Waals surface area contributed by atoms with Gasteiger partial charge in [0.2, 0.25) is 6.21 Å². The minimum absolute atomic E-state index is 0.116. The van der Waals surface area contributed by atoms with E-state index in [2.05, 4.69) is 18.0 Å². The monoisotopic (exact) mass is 495 g/mol. The van der Waals surface area contributed by atoms with Crippen molar-refractivity contribution in [2.24, 2.45) is 10.9 Å². The molecule has 0 radical (unpaired) electrons. The molecular formula is C31H33N3O3. The van der Waals surface area contributed by atoms with Gasteiger partial charge < -0.3 is 10.2 Å². The van der Waals surface area contributed by atoms with Crippen LogP contribution in [0.4, 0.5) is 0 Å². The van der Waals surface area contributed by atoms with E-state index in [1.54, 1.807) is 12.1 Å². The van der Waals surface area contributed by atoms with E-state index in [-0.39, 0.29) is 10.7 Å². The fourth-order valence-corrected chi connectivity index (χ4v) is 4.83. The Hall–Kier alpha value is -4.19. The number of nitrogens with one attached hydrogen (secondary N) is 1. The van der Waals surface area contributed by atoms with Crippen molar-refractivity contribution in [3.05, 3.63) is 113 Å². The Labute approximate surface area is 217 Å². The average Bonchev–Trinajstić information content (AvgIpc) is 3.34. The lowest BCUT2D eigenvalue weighted by atomic mass is 9.77. The van der Waals surface area contributed by atoms with Gasteiger partial charge in [0.15, 0.2) is 5.78 Å². The second kappa shape index (κ2) is 12.7. The van der Waals surface area contributed by atoms with Crippen molar-refractivity contribution in [3.63, 3.8) is 0 Å². The summed E-state index contributed by atoms with van der Waals surface area (Å²) in [5.41, 5.74) is 4.34. The number of ketones is 1. The van der Waals surface area contributed by atoms with Gasteiger partial charge in [-0.05, 0) is 36.5 Å². The number of benzene rings is 3. The van der Waals surface area contributed by atoms with Gasteiger partial charge in [0.05, 0.1) is 11.8 Å². The molecule has 4 aromatic rings. The molecule has 6 heteroatoms. The molecule has 0 aliphatic heterocycles. The maximum Gasteiger partial charge on any atom is 0.218 e. The smallest absolute Gasteiger partial charge is 0.218 e. The molecule has 0 aliphatic carbocycles. The number of carbonyl (C=O) groups excluding carboxylic acids is 1. The van der Waals surface area contributed by atoms with Crippen LogP contribution in [0.15, 0.2) is 96.1 Å². The van der Waals surface area contributed by atoms with Crippen LogP contribution < -0.4 is 0 Å². The topological polar surface area (TPSA) is 91.5 Å². The molecule has 0 spiro atoms. The van der Waals surface area contributed by atoms with E-state index in [0.29, 0.717) is 18.5 Å². The zero-order chi connectivity index (χ0) is 26.0. The van der Waals surface area contributed by atoms with Gasteiger partial charge in [-0.25, -0.2) is 0 Å². The zero-order valence-corrected chi connectivity index (χ0v) is 21.1. The lowest BCUT2D eigenvalue weighted by Gasteiger charge is -2.24. The first-order chi connectivity index (χ1) is 18.1. The van der Waals surface area contributed by atoms with Crippen LogP contribution in [-0.2, 0) is 6.42 Å². The first kappa shape index (κ1) is 25.9. The molecule has 1 aromatic heterocycles. The lowest BCUT2D eigenvalue weighted by Crippen LogP contribution is -2.33. The first-order valence-corrected chi connectivity index (χ1v) is 12.8. The highest BCUT2D eigenvalue weighted by molar-refractivity contribution is 6.14. The molecule has 0 fully saturated rings. The minimum atomic E-state index is -0.720. The van der Waals surface area contributed by atoms with Gasteiger partial charge in [0, 0.05) is 39.8 Å². The summed E-state index contributed by atoms with van der Waals surface area (Å²) < 4.78 is 0. The number of hydrogen-bond donors (Lipinski definition) is 2. The van der Waals surface area contributed by atoms with Crippen molar-refractivity contribution in [3.8, 4) is 0 Å². The Morgan fingerprint density at radius 3 is 2.41 bits per heavy atom. The maximum absolute atomic E-state index is 14.0. The molecule has 0 amide bonds. The zero-order valence-electron chi connectivity index (χ0n) is 21.1. The summed E-state index contributed by atoms with van der Waals surface area (Å²) in [7, 11) is 0. The molecule has 4 rings (SSSR count). The van der Waals surface area contributed by atoms with Gasteiger partial charge >= 0.3 is 0 Å². The van der Waals surface area contributed by atoms with Crippen molar-refractivity contribution >= 4 is 28.6 Å². The predicted octanol–water partition coefficient (Wildman–Crippen LogP) is 6.59. The van der Waals surface area contributed by atoms with E-state index < -0.39 is 11.8 Å². The highest BCUT2D eigenvalue weighted by Gasteiger charge is 2.36. The van der Waals surface area contributed by atoms with E-state index in [1.807, 2.05) is 72.9 Å². The number of hydrogen-bond acceptors (Lipinski definition) is 4. The molecular weight excluding hydrogens is 462 g/mol. The lowest BCUT2D eigenvalue weighted by molar-refractivity contribution is -0.723. The number of rotatable bonds is 12. The number of aromatic nitrogens is 1. The molecule has 2 N–H and O–H groups in total. The minimum Gasteiger partial charge on any atom is -0.418 e. The molecule has 0 bridgehead atoms. The van der Waals surface area contributed by atoms with Crippen LogP contribution in [0.1, 0.15) is 53.6 Å². The summed E-state index contributed by atoms with van der Waals surface area (Å²) in [6.45, 7) is 2.62. The molecule has 3 aromatic carbocycles. The second-order valence-corrected chi connectivity index (χ2v) is 9.18. The van der Waals surface area contributed by atoms with Gasteiger partial charge in [-0.2, -0.15) is 0 Å². The Bertz CT molecular complexity index is 1360. The molecule has 0 aliphatic rings. The number of aromatic amines is 1. The van der Waals surface area contributed by atoms with E-state index in [4.69, 9.17) is 4.99 Å². The highest BCUT2D eigenvalue weighted by Crippen LogP contribution is 2.30. The largest absolute Gasteiger partial charge is 0.418 e. The normalized spacial score (nSPS) is 14.0. The van der Waals surface area contributed by atoms with Crippen LogP contribution in [0, 0.1) is 11.1 Å². The van der Waals surface area contributed by atoms with Crippen LogP contribution in [0.3, 0.4) is 0 Å². The quantitative estimate of drug-likeness (QED) is 0.0763. The molecule has 0 saturated heterocycles. The Morgan fingerprint density at radius 1 is 1.03 bits per heavy atom. The SMILES string of the molecule is CCCCC(=NCCc1c[nH]c2ccccc12)C(C(=O)c1ccccc1)C(/C=[N+](/[O-])O)c1ccccc1. The Balaban J connectivity index is 1.75.